The Morgan fingerprint density at radius 1 is 1.00 bits per heavy atom. The molecule has 2 aromatic rings. The summed E-state index contributed by atoms with van der Waals surface area (Å²) in [6.45, 7) is 4.48. The molecule has 2 rings (SSSR count). The van der Waals surface area contributed by atoms with E-state index in [1.807, 2.05) is 23.5 Å². The zero-order chi connectivity index (χ0) is 14.4. The highest BCUT2D eigenvalue weighted by molar-refractivity contribution is 7.15. The molecule has 0 atom stereocenters. The van der Waals surface area contributed by atoms with E-state index in [4.69, 9.17) is 16.6 Å². The van der Waals surface area contributed by atoms with Crippen molar-refractivity contribution in [2.75, 3.05) is 0 Å². The van der Waals surface area contributed by atoms with Gasteiger partial charge in [0, 0.05) is 15.5 Å². The predicted octanol–water partition coefficient (Wildman–Crippen LogP) is 6.15. The molecular formula is C17H22ClNS. The molecule has 0 spiro atoms. The molecule has 0 saturated carbocycles. The second kappa shape index (κ2) is 7.80. The summed E-state index contributed by atoms with van der Waals surface area (Å²) in [5.41, 5.74) is 2.50. The van der Waals surface area contributed by atoms with Gasteiger partial charge in [0.15, 0.2) is 0 Å². The molecular weight excluding hydrogens is 286 g/mol. The third kappa shape index (κ3) is 4.07. The smallest absolute Gasteiger partial charge is 0.123 e. The lowest BCUT2D eigenvalue weighted by atomic mass is 10.1. The van der Waals surface area contributed by atoms with Gasteiger partial charge < -0.3 is 0 Å². The van der Waals surface area contributed by atoms with Crippen LogP contribution in [0, 0.1) is 0 Å². The monoisotopic (exact) mass is 307 g/mol. The van der Waals surface area contributed by atoms with E-state index in [-0.39, 0.29) is 0 Å². The minimum atomic E-state index is 0.780. The first-order valence-corrected chi connectivity index (χ1v) is 8.68. The first-order valence-electron chi connectivity index (χ1n) is 7.49. The second-order valence-electron chi connectivity index (χ2n) is 5.10. The number of hydrogen-bond acceptors (Lipinski definition) is 2. The summed E-state index contributed by atoms with van der Waals surface area (Å²) in [6, 6.07) is 8.01. The Balaban J connectivity index is 2.24. The van der Waals surface area contributed by atoms with Crippen LogP contribution in [-0.2, 0) is 12.8 Å². The molecule has 3 heteroatoms. The molecule has 20 heavy (non-hydrogen) atoms. The van der Waals surface area contributed by atoms with Crippen LogP contribution < -0.4 is 0 Å². The van der Waals surface area contributed by atoms with Gasteiger partial charge in [-0.1, -0.05) is 50.4 Å². The van der Waals surface area contributed by atoms with Crippen LogP contribution in [0.2, 0.25) is 5.02 Å². The van der Waals surface area contributed by atoms with Crippen LogP contribution in [0.25, 0.3) is 10.6 Å². The van der Waals surface area contributed by atoms with Gasteiger partial charge in [-0.3, -0.25) is 0 Å². The van der Waals surface area contributed by atoms with Gasteiger partial charge in [0.1, 0.15) is 5.01 Å². The quantitative estimate of drug-likeness (QED) is 0.598. The number of rotatable bonds is 7. The fourth-order valence-corrected chi connectivity index (χ4v) is 3.45. The maximum Gasteiger partial charge on any atom is 0.123 e. The molecule has 0 unspecified atom stereocenters. The zero-order valence-corrected chi connectivity index (χ0v) is 13.9. The molecule has 0 amide bonds. The van der Waals surface area contributed by atoms with Crippen molar-refractivity contribution < 1.29 is 0 Å². The van der Waals surface area contributed by atoms with Crippen LogP contribution in [0.15, 0.2) is 24.3 Å². The highest BCUT2D eigenvalue weighted by Crippen LogP contribution is 2.30. The Morgan fingerprint density at radius 3 is 2.30 bits per heavy atom. The van der Waals surface area contributed by atoms with Gasteiger partial charge in [0.25, 0.3) is 0 Å². The fourth-order valence-electron chi connectivity index (χ4n) is 2.17. The van der Waals surface area contributed by atoms with Crippen molar-refractivity contribution in [2.24, 2.45) is 0 Å². The van der Waals surface area contributed by atoms with Crippen LogP contribution in [0.1, 0.15) is 50.1 Å². The maximum atomic E-state index is 5.96. The van der Waals surface area contributed by atoms with Gasteiger partial charge in [0.05, 0.1) is 5.69 Å². The minimum absolute atomic E-state index is 0.780. The summed E-state index contributed by atoms with van der Waals surface area (Å²) in [4.78, 5) is 6.35. The average Bonchev–Trinajstić information content (AvgIpc) is 2.86. The van der Waals surface area contributed by atoms with E-state index in [2.05, 4.69) is 26.0 Å². The van der Waals surface area contributed by atoms with Crippen molar-refractivity contribution in [1.29, 1.82) is 0 Å². The summed E-state index contributed by atoms with van der Waals surface area (Å²) < 4.78 is 0. The van der Waals surface area contributed by atoms with Gasteiger partial charge in [-0.25, -0.2) is 4.98 Å². The number of unbranched alkanes of at least 4 members (excludes halogenated alkanes) is 2. The Bertz CT molecular complexity index is 505. The van der Waals surface area contributed by atoms with E-state index in [1.165, 1.54) is 48.2 Å². The van der Waals surface area contributed by atoms with Gasteiger partial charge in [-0.05, 0) is 37.8 Å². The van der Waals surface area contributed by atoms with Gasteiger partial charge >= 0.3 is 0 Å². The molecule has 1 aromatic heterocycles. The van der Waals surface area contributed by atoms with Crippen LogP contribution in [0.5, 0.6) is 0 Å². The lowest BCUT2D eigenvalue weighted by Gasteiger charge is -1.99. The van der Waals surface area contributed by atoms with Crippen molar-refractivity contribution in [1.82, 2.24) is 4.98 Å². The summed E-state index contributed by atoms with van der Waals surface area (Å²) in [5, 5.41) is 1.92. The number of aromatic nitrogens is 1. The molecule has 1 heterocycles. The second-order valence-corrected chi connectivity index (χ2v) is 6.62. The first-order chi connectivity index (χ1) is 9.74. The molecule has 0 aliphatic carbocycles. The standard InChI is InChI=1S/C17H22ClNS/c1-3-5-7-15-16(8-6-4-2)20-17(19-15)13-9-11-14(18)12-10-13/h9-12H,3-8H2,1-2H3. The zero-order valence-electron chi connectivity index (χ0n) is 12.3. The van der Waals surface area contributed by atoms with Crippen LogP contribution in [0.3, 0.4) is 0 Å². The Labute approximate surface area is 131 Å². The highest BCUT2D eigenvalue weighted by atomic mass is 35.5. The van der Waals surface area contributed by atoms with E-state index < -0.39 is 0 Å². The molecule has 0 aliphatic heterocycles. The summed E-state index contributed by atoms with van der Waals surface area (Å²) >= 11 is 7.81. The number of hydrogen-bond donors (Lipinski definition) is 0. The number of aryl methyl sites for hydroxylation is 2. The third-order valence-corrected chi connectivity index (χ3v) is 4.85. The van der Waals surface area contributed by atoms with Gasteiger partial charge in [-0.15, -0.1) is 11.3 Å². The van der Waals surface area contributed by atoms with E-state index in [9.17, 15) is 0 Å². The first kappa shape index (κ1) is 15.5. The average molecular weight is 308 g/mol. The van der Waals surface area contributed by atoms with Crippen LogP contribution in [-0.4, -0.2) is 4.98 Å². The summed E-state index contributed by atoms with van der Waals surface area (Å²) in [5.74, 6) is 0. The number of benzene rings is 1. The van der Waals surface area contributed by atoms with Gasteiger partial charge in [0.2, 0.25) is 0 Å². The largest absolute Gasteiger partial charge is 0.241 e. The predicted molar refractivity (Wildman–Crippen MR) is 89.8 cm³/mol. The molecule has 1 aromatic carbocycles. The Morgan fingerprint density at radius 2 is 1.65 bits per heavy atom. The molecule has 0 saturated heterocycles. The molecule has 0 fully saturated rings. The molecule has 0 bridgehead atoms. The van der Waals surface area contributed by atoms with Crippen molar-refractivity contribution >= 4 is 22.9 Å². The number of nitrogens with zero attached hydrogens (tertiary/aromatic N) is 1. The Kier molecular flexibility index (Phi) is 6.06. The molecule has 0 radical (unpaired) electrons. The lowest BCUT2D eigenvalue weighted by Crippen LogP contribution is -1.91. The van der Waals surface area contributed by atoms with Crippen LogP contribution >= 0.6 is 22.9 Å². The lowest BCUT2D eigenvalue weighted by molar-refractivity contribution is 0.754. The topological polar surface area (TPSA) is 12.9 Å². The van der Waals surface area contributed by atoms with Crippen molar-refractivity contribution in [2.45, 2.75) is 52.4 Å². The Hall–Kier alpha value is -0.860. The molecule has 0 aliphatic rings. The normalized spacial score (nSPS) is 10.9. The minimum Gasteiger partial charge on any atom is -0.241 e. The van der Waals surface area contributed by atoms with Crippen LogP contribution in [0.4, 0.5) is 0 Å². The summed E-state index contributed by atoms with van der Waals surface area (Å²) in [7, 11) is 0. The molecule has 108 valence electrons. The maximum absolute atomic E-state index is 5.96. The van der Waals surface area contributed by atoms with Crippen molar-refractivity contribution in [3.8, 4) is 10.6 Å². The fraction of sp³-hybridized carbons (Fsp3) is 0.471. The highest BCUT2D eigenvalue weighted by Gasteiger charge is 2.12. The van der Waals surface area contributed by atoms with E-state index in [0.29, 0.717) is 0 Å². The van der Waals surface area contributed by atoms with Gasteiger partial charge in [-0.2, -0.15) is 0 Å². The molecule has 0 N–H and O–H groups in total. The molecule has 1 nitrogen and oxygen atoms in total. The number of thiazole rings is 1. The van der Waals surface area contributed by atoms with E-state index in [0.717, 1.165) is 16.5 Å². The van der Waals surface area contributed by atoms with E-state index >= 15 is 0 Å². The number of halogens is 1. The summed E-state index contributed by atoms with van der Waals surface area (Å²) in [6.07, 6.45) is 7.22. The van der Waals surface area contributed by atoms with Crippen molar-refractivity contribution in [3.63, 3.8) is 0 Å². The van der Waals surface area contributed by atoms with Crippen molar-refractivity contribution in [3.05, 3.63) is 39.9 Å². The van der Waals surface area contributed by atoms with E-state index in [1.54, 1.807) is 0 Å². The third-order valence-electron chi connectivity index (χ3n) is 3.39. The SMILES string of the molecule is CCCCc1nc(-c2ccc(Cl)cc2)sc1CCCC.